The Morgan fingerprint density at radius 1 is 0.892 bits per heavy atom. The third kappa shape index (κ3) is 6.90. The van der Waals surface area contributed by atoms with Crippen molar-refractivity contribution in [3.05, 3.63) is 95.0 Å². The van der Waals surface area contributed by atoms with Crippen LogP contribution in [-0.4, -0.2) is 44.8 Å². The molecule has 0 aliphatic heterocycles. The summed E-state index contributed by atoms with van der Waals surface area (Å²) in [5, 5.41) is 3.17. The highest BCUT2D eigenvalue weighted by Crippen LogP contribution is 2.25. The molecule has 7 nitrogen and oxygen atoms in total. The Morgan fingerprint density at radius 2 is 1.49 bits per heavy atom. The number of amides is 2. The minimum absolute atomic E-state index is 0.0740. The minimum Gasteiger partial charge on any atom is -0.357 e. The van der Waals surface area contributed by atoms with Gasteiger partial charge in [0, 0.05) is 18.6 Å². The smallest absolute Gasteiger partial charge is 0.264 e. The average molecular weight is 542 g/mol. The summed E-state index contributed by atoms with van der Waals surface area (Å²) in [4.78, 5) is 28.1. The van der Waals surface area contributed by atoms with Crippen molar-refractivity contribution in [2.24, 2.45) is 0 Å². The van der Waals surface area contributed by atoms with Gasteiger partial charge in [0.25, 0.3) is 10.0 Å². The molecule has 196 valence electrons. The summed E-state index contributed by atoms with van der Waals surface area (Å²) in [6.45, 7) is 3.47. The molecule has 3 aromatic carbocycles. The average Bonchev–Trinajstić information content (AvgIpc) is 2.92. The van der Waals surface area contributed by atoms with E-state index < -0.39 is 28.5 Å². The molecule has 1 N–H and O–H groups in total. The van der Waals surface area contributed by atoms with Gasteiger partial charge in [0.15, 0.2) is 0 Å². The number of halogens is 1. The number of carbonyl (C=O) groups is 2. The molecule has 0 bridgehead atoms. The van der Waals surface area contributed by atoms with Crippen LogP contribution in [0.25, 0.3) is 0 Å². The number of benzene rings is 3. The van der Waals surface area contributed by atoms with Gasteiger partial charge in [-0.25, -0.2) is 8.42 Å². The summed E-state index contributed by atoms with van der Waals surface area (Å²) < 4.78 is 28.6. The number of carbonyl (C=O) groups excluding carboxylic acids is 2. The van der Waals surface area contributed by atoms with Crippen LogP contribution in [0.4, 0.5) is 5.69 Å². The molecule has 3 rings (SSSR count). The first-order valence-electron chi connectivity index (χ1n) is 12.1. The van der Waals surface area contributed by atoms with Crippen LogP contribution >= 0.6 is 11.6 Å². The van der Waals surface area contributed by atoms with Crippen molar-refractivity contribution in [3.63, 3.8) is 0 Å². The van der Waals surface area contributed by atoms with Crippen molar-refractivity contribution >= 4 is 39.1 Å². The van der Waals surface area contributed by atoms with Gasteiger partial charge in [-0.2, -0.15) is 0 Å². The zero-order valence-corrected chi connectivity index (χ0v) is 22.8. The third-order valence-corrected chi connectivity index (χ3v) is 8.18. The zero-order chi connectivity index (χ0) is 27.0. The fourth-order valence-electron chi connectivity index (χ4n) is 4.02. The standard InChI is InChI=1S/C28H32ClN3O4S/c1-4-21-13-17-24(18-14-21)32(37(35,36)25-9-7-6-8-10-25)20-27(33)31(26(5-2)28(34)30-3)19-22-11-15-23(29)16-12-22/h6-18,26H,4-5,19-20H2,1-3H3,(H,30,34)/t26-/m0/s1. The maximum atomic E-state index is 13.8. The van der Waals surface area contributed by atoms with E-state index in [0.29, 0.717) is 17.1 Å². The Labute approximate surface area is 224 Å². The number of aryl methyl sites for hydroxylation is 1. The highest BCUT2D eigenvalue weighted by atomic mass is 35.5. The van der Waals surface area contributed by atoms with E-state index in [1.165, 1.54) is 24.1 Å². The number of hydrogen-bond donors (Lipinski definition) is 1. The van der Waals surface area contributed by atoms with Crippen LogP contribution in [0.3, 0.4) is 0 Å². The molecule has 0 aromatic heterocycles. The van der Waals surface area contributed by atoms with E-state index in [1.54, 1.807) is 54.6 Å². The lowest BCUT2D eigenvalue weighted by Crippen LogP contribution is -2.51. The van der Waals surface area contributed by atoms with E-state index in [9.17, 15) is 18.0 Å². The summed E-state index contributed by atoms with van der Waals surface area (Å²) in [6.07, 6.45) is 1.15. The van der Waals surface area contributed by atoms with Crippen molar-refractivity contribution in [2.75, 3.05) is 17.9 Å². The molecule has 3 aromatic rings. The maximum Gasteiger partial charge on any atom is 0.264 e. The molecule has 1 atom stereocenters. The van der Waals surface area contributed by atoms with Crippen molar-refractivity contribution in [1.82, 2.24) is 10.2 Å². The normalized spacial score (nSPS) is 12.0. The molecular formula is C28H32ClN3O4S. The molecule has 0 fully saturated rings. The van der Waals surface area contributed by atoms with Gasteiger partial charge in [0.1, 0.15) is 12.6 Å². The Bertz CT molecular complexity index is 1300. The third-order valence-electron chi connectivity index (χ3n) is 6.14. The lowest BCUT2D eigenvalue weighted by Gasteiger charge is -2.33. The molecule has 0 unspecified atom stereocenters. The van der Waals surface area contributed by atoms with Gasteiger partial charge in [-0.05, 0) is 60.4 Å². The molecule has 0 spiro atoms. The van der Waals surface area contributed by atoms with E-state index in [1.807, 2.05) is 26.0 Å². The number of rotatable bonds is 11. The number of nitrogens with zero attached hydrogens (tertiary/aromatic N) is 2. The fourth-order valence-corrected chi connectivity index (χ4v) is 5.58. The molecule has 9 heteroatoms. The summed E-state index contributed by atoms with van der Waals surface area (Å²) >= 11 is 6.02. The van der Waals surface area contributed by atoms with E-state index in [0.717, 1.165) is 21.9 Å². The number of anilines is 1. The van der Waals surface area contributed by atoms with Gasteiger partial charge in [-0.15, -0.1) is 0 Å². The molecule has 0 radical (unpaired) electrons. The first-order chi connectivity index (χ1) is 17.7. The Hall–Kier alpha value is -3.36. The molecule has 0 saturated carbocycles. The molecule has 0 saturated heterocycles. The monoisotopic (exact) mass is 541 g/mol. The van der Waals surface area contributed by atoms with Gasteiger partial charge >= 0.3 is 0 Å². The second-order valence-corrected chi connectivity index (χ2v) is 10.8. The van der Waals surface area contributed by atoms with Crippen molar-refractivity contribution in [2.45, 2.75) is 44.2 Å². The van der Waals surface area contributed by atoms with Crippen LogP contribution in [0, 0.1) is 0 Å². The lowest BCUT2D eigenvalue weighted by molar-refractivity contribution is -0.140. The van der Waals surface area contributed by atoms with Gasteiger partial charge in [0.05, 0.1) is 10.6 Å². The van der Waals surface area contributed by atoms with E-state index >= 15 is 0 Å². The SMILES string of the molecule is CCc1ccc(N(CC(=O)N(Cc2ccc(Cl)cc2)[C@@H](CC)C(=O)NC)S(=O)(=O)c2ccccc2)cc1. The van der Waals surface area contributed by atoms with Crippen LogP contribution in [0.1, 0.15) is 31.4 Å². The maximum absolute atomic E-state index is 13.8. The first-order valence-corrected chi connectivity index (χ1v) is 13.9. The van der Waals surface area contributed by atoms with Crippen LogP contribution in [-0.2, 0) is 32.6 Å². The molecule has 0 aliphatic carbocycles. The van der Waals surface area contributed by atoms with E-state index in [-0.39, 0.29) is 17.3 Å². The van der Waals surface area contributed by atoms with E-state index in [2.05, 4.69) is 5.32 Å². The minimum atomic E-state index is -4.07. The number of nitrogens with one attached hydrogen (secondary N) is 1. The molecule has 0 aliphatic rings. The Morgan fingerprint density at radius 3 is 2.03 bits per heavy atom. The molecular weight excluding hydrogens is 510 g/mol. The highest BCUT2D eigenvalue weighted by Gasteiger charge is 2.33. The fraction of sp³-hybridized carbons (Fsp3) is 0.286. The zero-order valence-electron chi connectivity index (χ0n) is 21.2. The number of sulfonamides is 1. The van der Waals surface area contributed by atoms with Crippen LogP contribution in [0.5, 0.6) is 0 Å². The summed E-state index contributed by atoms with van der Waals surface area (Å²) in [7, 11) is -2.56. The quantitative estimate of drug-likeness (QED) is 0.383. The number of likely N-dealkylation sites (N-methyl/N-ethyl adjacent to an activating group) is 1. The largest absolute Gasteiger partial charge is 0.357 e. The summed E-state index contributed by atoms with van der Waals surface area (Å²) in [5.41, 5.74) is 2.18. The molecule has 0 heterocycles. The van der Waals surface area contributed by atoms with Crippen LogP contribution in [0.15, 0.2) is 83.8 Å². The van der Waals surface area contributed by atoms with E-state index in [4.69, 9.17) is 11.6 Å². The van der Waals surface area contributed by atoms with Crippen LogP contribution < -0.4 is 9.62 Å². The second-order valence-electron chi connectivity index (χ2n) is 8.53. The predicted octanol–water partition coefficient (Wildman–Crippen LogP) is 4.65. The number of hydrogen-bond acceptors (Lipinski definition) is 4. The van der Waals surface area contributed by atoms with Crippen LogP contribution in [0.2, 0.25) is 5.02 Å². The van der Waals surface area contributed by atoms with Crippen molar-refractivity contribution < 1.29 is 18.0 Å². The Balaban J connectivity index is 2.04. The highest BCUT2D eigenvalue weighted by molar-refractivity contribution is 7.92. The Kier molecular flexibility index (Phi) is 9.72. The van der Waals surface area contributed by atoms with Gasteiger partial charge in [-0.1, -0.05) is 67.9 Å². The predicted molar refractivity (Wildman–Crippen MR) is 147 cm³/mol. The summed E-state index contributed by atoms with van der Waals surface area (Å²) in [5.74, 6) is -0.820. The van der Waals surface area contributed by atoms with Gasteiger partial charge in [0.2, 0.25) is 11.8 Å². The van der Waals surface area contributed by atoms with Gasteiger partial charge in [-0.3, -0.25) is 13.9 Å². The topological polar surface area (TPSA) is 86.8 Å². The lowest BCUT2D eigenvalue weighted by atomic mass is 10.1. The van der Waals surface area contributed by atoms with Gasteiger partial charge < -0.3 is 10.2 Å². The second kappa shape index (κ2) is 12.7. The summed E-state index contributed by atoms with van der Waals surface area (Å²) in [6, 6.07) is 21.3. The van der Waals surface area contributed by atoms with Crippen molar-refractivity contribution in [1.29, 1.82) is 0 Å². The first kappa shape index (κ1) is 28.2. The molecule has 2 amide bonds. The van der Waals surface area contributed by atoms with Crippen molar-refractivity contribution in [3.8, 4) is 0 Å². The molecule has 37 heavy (non-hydrogen) atoms.